The zero-order valence-electron chi connectivity index (χ0n) is 63.5. The highest BCUT2D eigenvalue weighted by molar-refractivity contribution is 6.35. The molecule has 6 N–H and O–H groups in total. The maximum Gasteiger partial charge on any atom is 0.338 e. The summed E-state index contributed by atoms with van der Waals surface area (Å²) in [5.74, 6) is -6.01. The summed E-state index contributed by atoms with van der Waals surface area (Å²) in [4.78, 5) is 108. The van der Waals surface area contributed by atoms with Crippen molar-refractivity contribution in [1.82, 2.24) is 0 Å². The van der Waals surface area contributed by atoms with Crippen molar-refractivity contribution in [2.45, 2.75) is 231 Å². The van der Waals surface area contributed by atoms with Crippen LogP contribution in [0.4, 0.5) is 22.7 Å². The van der Waals surface area contributed by atoms with Gasteiger partial charge < -0.3 is 46.1 Å². The van der Waals surface area contributed by atoms with Gasteiger partial charge in [-0.1, -0.05) is 231 Å². The second-order valence-electron chi connectivity index (χ2n) is 25.7. The molecule has 22 heteroatoms. The SMILES string of the molecule is C/C=C(/OOCC(CCCCCC)CCCCCCCC)C(=O)Nc1ccc(C)cc1C.CCCCCCCCCCCCOC(=O)c1ccc(Cl)c(NC(=O)C(C)C(N)=O)c1.CCOC(=O)c1ccc(Cl)c(NC(=O)C(C)C(=O)Nc2cc(C(=O)OCC)ccc2Cl)c1.CCc1cc(C)ccc1Cl. The highest BCUT2D eigenvalue weighted by atomic mass is 35.5. The van der Waals surface area contributed by atoms with E-state index in [0.29, 0.717) is 19.1 Å². The number of ether oxygens (including phenoxy) is 3. The summed E-state index contributed by atoms with van der Waals surface area (Å²) in [7, 11) is 0. The standard InChI is InChI=1S/C28H47NO3.C23H35ClN2O4.C22H22Cl2N2O6.C9H11Cl/c1-6-9-11-13-14-16-18-25(17-15-12-10-7-2)22-31-32-27(8-3)28(30)29-26-20-19-23(4)21-24(26)5;1-3-4-5-6-7-8-9-10-11-12-15-30-23(29)18-13-14-19(24)20(16-18)26-22(28)17(2)21(25)27;1-4-31-21(29)13-6-8-15(23)17(10-13)25-19(27)12(3)20(28)26-18-11-14(7-9-16(18)24)22(30)32-5-2;1-3-8-6-7(2)4-5-9(8)10/h8,19-21,25H,6-7,9-18,22H2,1-5H3,(H,29,30);13-14,16-17H,3-12,15H2,1-2H3,(H2,25,27)(H,26,28);6-12H,4-5H2,1-3H3,(H,25,27)(H,26,28);4-6H,3H2,1-2H3/b27-8+;;;. The predicted molar refractivity (Wildman–Crippen MR) is 423 cm³/mol. The van der Waals surface area contributed by atoms with Crippen molar-refractivity contribution in [2.75, 3.05) is 47.7 Å². The van der Waals surface area contributed by atoms with E-state index in [9.17, 15) is 38.4 Å². The van der Waals surface area contributed by atoms with Crippen molar-refractivity contribution in [3.05, 3.63) is 162 Å². The van der Waals surface area contributed by atoms with E-state index >= 15 is 0 Å². The van der Waals surface area contributed by atoms with Crippen molar-refractivity contribution >= 4 is 117 Å². The molecule has 0 bridgehead atoms. The summed E-state index contributed by atoms with van der Waals surface area (Å²) in [6.45, 7) is 24.1. The molecule has 5 rings (SSSR count). The third-order valence-electron chi connectivity index (χ3n) is 16.9. The van der Waals surface area contributed by atoms with Crippen molar-refractivity contribution in [2.24, 2.45) is 23.5 Å². The summed E-state index contributed by atoms with van der Waals surface area (Å²) < 4.78 is 15.2. The molecule has 5 aromatic rings. The van der Waals surface area contributed by atoms with Gasteiger partial charge in [-0.25, -0.2) is 14.4 Å². The van der Waals surface area contributed by atoms with Gasteiger partial charge in [0.25, 0.3) is 5.91 Å². The molecule has 0 spiro atoms. The Labute approximate surface area is 639 Å². The van der Waals surface area contributed by atoms with Gasteiger partial charge in [-0.3, -0.25) is 24.0 Å². The number of hydrogen-bond acceptors (Lipinski definition) is 13. The summed E-state index contributed by atoms with van der Waals surface area (Å²) in [5.41, 5.74) is 11.9. The molecule has 2 unspecified atom stereocenters. The van der Waals surface area contributed by atoms with E-state index in [4.69, 9.17) is 76.1 Å². The highest BCUT2D eigenvalue weighted by Crippen LogP contribution is 2.29. The number of benzene rings is 5. The van der Waals surface area contributed by atoms with Crippen molar-refractivity contribution in [1.29, 1.82) is 0 Å². The average molecular weight is 1520 g/mol. The molecule has 0 heterocycles. The number of allylic oxidation sites excluding steroid dienone is 1. The van der Waals surface area contributed by atoms with Crippen molar-refractivity contribution < 1.29 is 62.3 Å². The lowest BCUT2D eigenvalue weighted by Gasteiger charge is -2.17. The largest absolute Gasteiger partial charge is 0.462 e. The van der Waals surface area contributed by atoms with Crippen LogP contribution in [0.2, 0.25) is 20.1 Å². The minimum absolute atomic E-state index is 0.157. The molecule has 0 aliphatic rings. The Morgan fingerprint density at radius 1 is 0.442 bits per heavy atom. The predicted octanol–water partition coefficient (Wildman–Crippen LogP) is 21.7. The monoisotopic (exact) mass is 1520 g/mol. The van der Waals surface area contributed by atoms with Crippen LogP contribution in [0.25, 0.3) is 0 Å². The molecule has 18 nitrogen and oxygen atoms in total. The Balaban J connectivity index is 0.000000495. The minimum atomic E-state index is -1.15. The van der Waals surface area contributed by atoms with Gasteiger partial charge in [0.2, 0.25) is 29.4 Å². The molecule has 0 saturated heterocycles. The number of unbranched alkanes of at least 4 members (excludes halogenated alkanes) is 17. The lowest BCUT2D eigenvalue weighted by atomic mass is 9.95. The van der Waals surface area contributed by atoms with Gasteiger partial charge in [0.05, 0.1) is 75.2 Å². The number of aryl methyl sites for hydroxylation is 4. The number of halogens is 4. The van der Waals surface area contributed by atoms with Crippen LogP contribution in [0.1, 0.15) is 257 Å². The number of amides is 5. The number of anilines is 4. The average Bonchev–Trinajstić information content (AvgIpc) is 0.844. The van der Waals surface area contributed by atoms with Gasteiger partial charge in [-0.15, -0.1) is 0 Å². The molecule has 104 heavy (non-hydrogen) atoms. The van der Waals surface area contributed by atoms with Crippen LogP contribution in [0, 0.1) is 38.5 Å². The molecule has 0 saturated carbocycles. The van der Waals surface area contributed by atoms with Crippen molar-refractivity contribution in [3.63, 3.8) is 0 Å². The smallest absolute Gasteiger partial charge is 0.338 e. The Kier molecular flexibility index (Phi) is 48.2. The molecule has 0 aliphatic carbocycles. The molecule has 0 aliphatic heterocycles. The number of nitrogens with two attached hydrogens (primary N) is 1. The lowest BCUT2D eigenvalue weighted by Crippen LogP contribution is -2.32. The van der Waals surface area contributed by atoms with E-state index in [1.54, 1.807) is 26.8 Å². The normalized spacial score (nSPS) is 11.4. The summed E-state index contributed by atoms with van der Waals surface area (Å²) in [5, 5.41) is 12.0. The molecular formula is C82H115Cl4N5O13. The zero-order valence-corrected chi connectivity index (χ0v) is 66.5. The molecule has 0 radical (unpaired) electrons. The van der Waals surface area contributed by atoms with Crippen molar-refractivity contribution in [3.8, 4) is 0 Å². The van der Waals surface area contributed by atoms with Crippen LogP contribution in [0.3, 0.4) is 0 Å². The number of esters is 3. The fraction of sp³-hybridized carbons (Fsp3) is 0.512. The molecule has 2 atom stereocenters. The topological polar surface area (TPSA) is 257 Å². The van der Waals surface area contributed by atoms with Gasteiger partial charge in [0, 0.05) is 10.7 Å². The minimum Gasteiger partial charge on any atom is -0.462 e. The maximum absolute atomic E-state index is 12.6. The van der Waals surface area contributed by atoms with Crippen LogP contribution in [-0.2, 0) is 54.4 Å². The molecule has 5 amide bonds. The van der Waals surface area contributed by atoms with E-state index in [2.05, 4.69) is 62.0 Å². The van der Waals surface area contributed by atoms with Crippen LogP contribution >= 0.6 is 46.4 Å². The molecule has 574 valence electrons. The Bertz CT molecular complexity index is 3410. The third-order valence-corrected chi connectivity index (χ3v) is 18.2. The lowest BCUT2D eigenvalue weighted by molar-refractivity contribution is -0.268. The van der Waals surface area contributed by atoms with E-state index in [1.807, 2.05) is 44.2 Å². The summed E-state index contributed by atoms with van der Waals surface area (Å²) in [6.07, 6.45) is 30.0. The van der Waals surface area contributed by atoms with E-state index < -0.39 is 53.4 Å². The number of primary amides is 1. The number of nitrogens with one attached hydrogen (secondary N) is 4. The van der Waals surface area contributed by atoms with Crippen LogP contribution < -0.4 is 27.0 Å². The number of carbonyl (C=O) groups excluding carboxylic acids is 8. The fourth-order valence-electron chi connectivity index (χ4n) is 10.4. The van der Waals surface area contributed by atoms with Crippen LogP contribution in [0.5, 0.6) is 0 Å². The molecule has 0 aromatic heterocycles. The van der Waals surface area contributed by atoms with Crippen LogP contribution in [0.15, 0.2) is 103 Å². The Morgan fingerprint density at radius 2 is 0.827 bits per heavy atom. The quantitative estimate of drug-likeness (QED) is 0.00356. The first kappa shape index (κ1) is 92.6. The second-order valence-corrected chi connectivity index (χ2v) is 27.3. The Morgan fingerprint density at radius 3 is 1.23 bits per heavy atom. The van der Waals surface area contributed by atoms with Crippen LogP contribution in [-0.4, -0.2) is 73.9 Å². The molecule has 5 aromatic carbocycles. The number of hydrogen-bond donors (Lipinski definition) is 5. The second kappa shape index (κ2) is 54.2. The first-order valence-electron chi connectivity index (χ1n) is 37.0. The van der Waals surface area contributed by atoms with Gasteiger partial charge in [-0.05, 0) is 171 Å². The first-order valence-corrected chi connectivity index (χ1v) is 38.5. The number of carbonyl (C=O) groups is 8. The number of rotatable bonds is 42. The summed E-state index contributed by atoms with van der Waals surface area (Å²) >= 11 is 24.2. The molecular weight excluding hydrogens is 1400 g/mol. The summed E-state index contributed by atoms with van der Waals surface area (Å²) in [6, 6.07) is 25.1. The fourth-order valence-corrected chi connectivity index (χ4v) is 11.1. The maximum atomic E-state index is 12.6. The van der Waals surface area contributed by atoms with Gasteiger partial charge >= 0.3 is 17.9 Å². The van der Waals surface area contributed by atoms with Gasteiger partial charge in [-0.2, -0.15) is 4.89 Å². The van der Waals surface area contributed by atoms with E-state index in [0.717, 1.165) is 48.4 Å². The third kappa shape index (κ3) is 37.5. The van der Waals surface area contributed by atoms with Gasteiger partial charge in [0.1, 0.15) is 11.8 Å². The van der Waals surface area contributed by atoms with Gasteiger partial charge in [0.15, 0.2) is 0 Å². The Hall–Kier alpha value is -7.48. The highest BCUT2D eigenvalue weighted by Gasteiger charge is 2.25. The van der Waals surface area contributed by atoms with E-state index in [1.165, 1.54) is 201 Å². The molecule has 0 fully saturated rings. The van der Waals surface area contributed by atoms with E-state index in [-0.39, 0.29) is 73.7 Å². The first-order chi connectivity index (χ1) is 49.8. The zero-order chi connectivity index (χ0) is 77.4.